The summed E-state index contributed by atoms with van der Waals surface area (Å²) >= 11 is 1.52. The van der Waals surface area contributed by atoms with Gasteiger partial charge in [-0.1, -0.05) is 23.9 Å². The third-order valence-corrected chi connectivity index (χ3v) is 4.26. The van der Waals surface area contributed by atoms with Crippen molar-refractivity contribution in [3.63, 3.8) is 0 Å². The fourth-order valence-electron chi connectivity index (χ4n) is 2.08. The average Bonchev–Trinajstić information content (AvgIpc) is 3.24. The first kappa shape index (κ1) is 12.1. The largest absolute Gasteiger partial charge is 0.486 e. The molecule has 4 rings (SSSR count). The quantitative estimate of drug-likeness (QED) is 0.807. The van der Waals surface area contributed by atoms with Gasteiger partial charge in [0.2, 0.25) is 5.89 Å². The molecule has 1 aromatic carbocycles. The molecule has 0 N–H and O–H groups in total. The van der Waals surface area contributed by atoms with Gasteiger partial charge in [-0.25, -0.2) is 0 Å². The number of thioether (sulfide) groups is 1. The van der Waals surface area contributed by atoms with Crippen LogP contribution in [0.15, 0.2) is 33.9 Å². The topological polar surface area (TPSA) is 57.4 Å². The van der Waals surface area contributed by atoms with Crippen molar-refractivity contribution in [1.29, 1.82) is 0 Å². The highest BCUT2D eigenvalue weighted by Gasteiger charge is 2.29. The molecule has 2 heterocycles. The summed E-state index contributed by atoms with van der Waals surface area (Å²) in [7, 11) is 0. The van der Waals surface area contributed by atoms with Crippen molar-refractivity contribution in [3.05, 3.63) is 30.2 Å². The van der Waals surface area contributed by atoms with Gasteiger partial charge in [-0.2, -0.15) is 0 Å². The van der Waals surface area contributed by atoms with Crippen LogP contribution in [0.3, 0.4) is 0 Å². The van der Waals surface area contributed by atoms with Crippen molar-refractivity contribution >= 4 is 11.8 Å². The Morgan fingerprint density at radius 1 is 1.15 bits per heavy atom. The minimum absolute atomic E-state index is 0.00572. The molecule has 0 radical (unpaired) electrons. The van der Waals surface area contributed by atoms with Crippen LogP contribution in [0.1, 0.15) is 24.7 Å². The fraction of sp³-hybridized carbons (Fsp3) is 0.429. The zero-order chi connectivity index (χ0) is 13.4. The highest BCUT2D eigenvalue weighted by Crippen LogP contribution is 2.40. The van der Waals surface area contributed by atoms with Crippen LogP contribution < -0.4 is 9.47 Å². The van der Waals surface area contributed by atoms with Crippen LogP contribution in [-0.2, 0) is 0 Å². The highest BCUT2D eigenvalue weighted by molar-refractivity contribution is 7.99. The Labute approximate surface area is 120 Å². The fourth-order valence-corrected chi connectivity index (χ4v) is 2.82. The number of aromatic nitrogens is 2. The van der Waals surface area contributed by atoms with Gasteiger partial charge in [0.15, 0.2) is 11.5 Å². The number of hydrogen-bond acceptors (Lipinski definition) is 6. The number of para-hydroxylation sites is 2. The summed E-state index contributed by atoms with van der Waals surface area (Å²) in [4.78, 5) is 0. The molecule has 6 heteroatoms. The van der Waals surface area contributed by atoms with Crippen molar-refractivity contribution in [3.8, 4) is 11.5 Å². The van der Waals surface area contributed by atoms with Crippen molar-refractivity contribution in [2.24, 2.45) is 0 Å². The monoisotopic (exact) mass is 290 g/mol. The van der Waals surface area contributed by atoms with Crippen LogP contribution in [-0.4, -0.2) is 28.7 Å². The molecule has 1 aliphatic carbocycles. The molecule has 5 nitrogen and oxygen atoms in total. The van der Waals surface area contributed by atoms with Gasteiger partial charge in [0.25, 0.3) is 5.22 Å². The SMILES string of the molecule is c1ccc2c(c1)OC[C@H](CSc1nnc(C3CC3)o1)O2. The van der Waals surface area contributed by atoms with Crippen molar-refractivity contribution in [1.82, 2.24) is 10.2 Å². The van der Waals surface area contributed by atoms with E-state index in [1.54, 1.807) is 0 Å². The Balaban J connectivity index is 1.35. The predicted molar refractivity (Wildman–Crippen MR) is 73.4 cm³/mol. The molecule has 0 unspecified atom stereocenters. The molecule has 104 valence electrons. The predicted octanol–water partition coefficient (Wildman–Crippen LogP) is 2.88. The zero-order valence-electron chi connectivity index (χ0n) is 10.8. The van der Waals surface area contributed by atoms with Gasteiger partial charge in [-0.3, -0.25) is 0 Å². The molecular weight excluding hydrogens is 276 g/mol. The van der Waals surface area contributed by atoms with Gasteiger partial charge in [-0.15, -0.1) is 10.2 Å². The van der Waals surface area contributed by atoms with Gasteiger partial charge in [0, 0.05) is 11.7 Å². The Hall–Kier alpha value is -1.69. The van der Waals surface area contributed by atoms with Crippen LogP contribution in [0.2, 0.25) is 0 Å². The second-order valence-corrected chi connectivity index (χ2v) is 5.96. The summed E-state index contributed by atoms with van der Waals surface area (Å²) < 4.78 is 17.2. The second-order valence-electron chi connectivity index (χ2n) is 4.99. The molecular formula is C14H14N2O3S. The van der Waals surface area contributed by atoms with Crippen LogP contribution in [0.5, 0.6) is 11.5 Å². The molecule has 1 aliphatic heterocycles. The summed E-state index contributed by atoms with van der Waals surface area (Å²) in [6.45, 7) is 0.549. The minimum atomic E-state index is 0.00572. The summed E-state index contributed by atoms with van der Waals surface area (Å²) in [5, 5.41) is 8.74. The van der Waals surface area contributed by atoms with Gasteiger partial charge in [0.05, 0.1) is 0 Å². The maximum Gasteiger partial charge on any atom is 0.276 e. The number of fused-ring (bicyclic) bond motifs is 1. The van der Waals surface area contributed by atoms with E-state index in [4.69, 9.17) is 13.9 Å². The second kappa shape index (κ2) is 5.01. The molecule has 2 aliphatic rings. The van der Waals surface area contributed by atoms with Gasteiger partial charge >= 0.3 is 0 Å². The molecule has 2 aromatic rings. The van der Waals surface area contributed by atoms with Crippen LogP contribution >= 0.6 is 11.8 Å². The lowest BCUT2D eigenvalue weighted by atomic mass is 10.3. The van der Waals surface area contributed by atoms with Crippen LogP contribution in [0, 0.1) is 0 Å². The first-order valence-corrected chi connectivity index (χ1v) is 7.72. The normalized spacial score (nSPS) is 20.9. The first-order chi connectivity index (χ1) is 9.88. The Morgan fingerprint density at radius 2 is 2.00 bits per heavy atom. The molecule has 0 bridgehead atoms. The van der Waals surface area contributed by atoms with E-state index in [-0.39, 0.29) is 6.10 Å². The van der Waals surface area contributed by atoms with E-state index in [0.29, 0.717) is 17.7 Å². The minimum Gasteiger partial charge on any atom is -0.486 e. The molecule has 1 atom stereocenters. The van der Waals surface area contributed by atoms with E-state index in [2.05, 4.69) is 10.2 Å². The molecule has 0 saturated heterocycles. The van der Waals surface area contributed by atoms with E-state index in [1.807, 2.05) is 24.3 Å². The summed E-state index contributed by atoms with van der Waals surface area (Å²) in [5.74, 6) is 3.62. The van der Waals surface area contributed by atoms with E-state index in [1.165, 1.54) is 24.6 Å². The summed E-state index contributed by atoms with van der Waals surface area (Å²) in [5.41, 5.74) is 0. The lowest BCUT2D eigenvalue weighted by Crippen LogP contribution is -2.31. The summed E-state index contributed by atoms with van der Waals surface area (Å²) in [6.07, 6.45) is 2.34. The van der Waals surface area contributed by atoms with Crippen LogP contribution in [0.25, 0.3) is 0 Å². The smallest absolute Gasteiger partial charge is 0.276 e. The van der Waals surface area contributed by atoms with Crippen molar-refractivity contribution < 1.29 is 13.9 Å². The number of benzene rings is 1. The lowest BCUT2D eigenvalue weighted by molar-refractivity contribution is 0.107. The molecule has 1 fully saturated rings. The third-order valence-electron chi connectivity index (χ3n) is 3.31. The van der Waals surface area contributed by atoms with E-state index >= 15 is 0 Å². The summed E-state index contributed by atoms with van der Waals surface area (Å²) in [6, 6.07) is 7.72. The molecule has 0 amide bonds. The molecule has 1 aromatic heterocycles. The van der Waals surface area contributed by atoms with Gasteiger partial charge < -0.3 is 13.9 Å². The number of rotatable bonds is 4. The number of hydrogen-bond donors (Lipinski definition) is 0. The van der Waals surface area contributed by atoms with Crippen molar-refractivity contribution in [2.45, 2.75) is 30.1 Å². The zero-order valence-corrected chi connectivity index (χ0v) is 11.6. The maximum absolute atomic E-state index is 5.88. The molecule has 1 saturated carbocycles. The van der Waals surface area contributed by atoms with E-state index < -0.39 is 0 Å². The van der Waals surface area contributed by atoms with Crippen molar-refractivity contribution in [2.75, 3.05) is 12.4 Å². The number of ether oxygens (including phenoxy) is 2. The Morgan fingerprint density at radius 3 is 2.85 bits per heavy atom. The van der Waals surface area contributed by atoms with E-state index in [0.717, 1.165) is 23.1 Å². The van der Waals surface area contributed by atoms with E-state index in [9.17, 15) is 0 Å². The van der Waals surface area contributed by atoms with Gasteiger partial charge in [-0.05, 0) is 25.0 Å². The maximum atomic E-state index is 5.88. The molecule has 20 heavy (non-hydrogen) atoms. The first-order valence-electron chi connectivity index (χ1n) is 6.73. The average molecular weight is 290 g/mol. The lowest BCUT2D eigenvalue weighted by Gasteiger charge is -2.25. The number of nitrogens with zero attached hydrogens (tertiary/aromatic N) is 2. The Bertz CT molecular complexity index is 612. The molecule has 0 spiro atoms. The third kappa shape index (κ3) is 2.47. The Kier molecular flexibility index (Phi) is 3.03. The van der Waals surface area contributed by atoms with Gasteiger partial charge in [0.1, 0.15) is 12.7 Å². The highest BCUT2D eigenvalue weighted by atomic mass is 32.2. The van der Waals surface area contributed by atoms with Crippen LogP contribution in [0.4, 0.5) is 0 Å². The standard InChI is InChI=1S/C14H14N2O3S/c1-2-4-12-11(3-1)17-7-10(18-12)8-20-14-16-15-13(19-14)9-5-6-9/h1-4,9-10H,5-8H2/t10-/m1/s1.